The van der Waals surface area contributed by atoms with Crippen molar-refractivity contribution in [2.24, 2.45) is 0 Å². The molecule has 98 valence electrons. The summed E-state index contributed by atoms with van der Waals surface area (Å²) in [6, 6.07) is 5.63. The second-order valence-corrected chi connectivity index (χ2v) is 5.96. The summed E-state index contributed by atoms with van der Waals surface area (Å²) in [5, 5.41) is 0. The number of nitrogens with zero attached hydrogens (tertiary/aromatic N) is 2. The van der Waals surface area contributed by atoms with Crippen LogP contribution in [-0.4, -0.2) is 32.4 Å². The molecule has 1 saturated heterocycles. The number of likely N-dealkylation sites (tertiary alicyclic amines) is 1. The van der Waals surface area contributed by atoms with Crippen LogP contribution in [0.25, 0.3) is 4.72 Å². The molecule has 1 aromatic carbocycles. The van der Waals surface area contributed by atoms with E-state index in [1.54, 1.807) is 12.1 Å². The zero-order chi connectivity index (χ0) is 13.2. The Labute approximate surface area is 135 Å². The van der Waals surface area contributed by atoms with E-state index in [4.69, 9.17) is 0 Å². The van der Waals surface area contributed by atoms with Crippen molar-refractivity contribution in [3.05, 3.63) is 34.6 Å². The molecule has 1 fully saturated rings. The molecular formula is C12H15N2NaO3S. The number of carbonyl (C=O) groups is 1. The third-order valence-corrected chi connectivity index (χ3v) is 4.16. The molecule has 1 aromatic rings. The Kier molecular flexibility index (Phi) is 5.85. The maximum Gasteiger partial charge on any atom is 1.00 e. The number of aryl methyl sites for hydroxylation is 1. The number of carbonyl (C=O) groups excluding carboxylic acids is 1. The van der Waals surface area contributed by atoms with Crippen molar-refractivity contribution in [3.63, 3.8) is 0 Å². The van der Waals surface area contributed by atoms with Gasteiger partial charge in [-0.05, 0) is 32.1 Å². The van der Waals surface area contributed by atoms with Crippen LogP contribution in [0.3, 0.4) is 0 Å². The van der Waals surface area contributed by atoms with E-state index in [0.717, 1.165) is 18.4 Å². The Hall–Kier alpha value is -0.560. The van der Waals surface area contributed by atoms with E-state index in [1.165, 1.54) is 17.0 Å². The van der Waals surface area contributed by atoms with Gasteiger partial charge in [0.15, 0.2) is 6.03 Å². The van der Waals surface area contributed by atoms with E-state index >= 15 is 0 Å². The van der Waals surface area contributed by atoms with E-state index in [2.05, 4.69) is 4.72 Å². The molecule has 0 spiro atoms. The van der Waals surface area contributed by atoms with Crippen molar-refractivity contribution in [2.75, 3.05) is 13.1 Å². The fourth-order valence-electron chi connectivity index (χ4n) is 1.83. The molecule has 0 saturated carbocycles. The molecule has 0 aromatic heterocycles. The number of hydrogen-bond donors (Lipinski definition) is 0. The molecule has 19 heavy (non-hydrogen) atoms. The third-order valence-electron chi connectivity index (χ3n) is 2.89. The van der Waals surface area contributed by atoms with Gasteiger partial charge in [-0.3, -0.25) is 4.79 Å². The van der Waals surface area contributed by atoms with E-state index in [9.17, 15) is 13.2 Å². The first kappa shape index (κ1) is 16.5. The zero-order valence-electron chi connectivity index (χ0n) is 11.2. The van der Waals surface area contributed by atoms with Crippen LogP contribution in [0, 0.1) is 6.92 Å². The van der Waals surface area contributed by atoms with Gasteiger partial charge >= 0.3 is 29.6 Å². The van der Waals surface area contributed by atoms with Crippen LogP contribution in [0.5, 0.6) is 0 Å². The molecule has 0 unspecified atom stereocenters. The van der Waals surface area contributed by atoms with Crippen molar-refractivity contribution in [1.82, 2.24) is 4.90 Å². The average Bonchev–Trinajstić information content (AvgIpc) is 2.82. The summed E-state index contributed by atoms with van der Waals surface area (Å²) < 4.78 is 27.1. The maximum atomic E-state index is 11.9. The van der Waals surface area contributed by atoms with Gasteiger partial charge in [-0.25, -0.2) is 8.42 Å². The molecule has 1 heterocycles. The van der Waals surface area contributed by atoms with Gasteiger partial charge in [0.1, 0.15) is 0 Å². The minimum Gasteiger partial charge on any atom is -0.436 e. The van der Waals surface area contributed by atoms with Crippen molar-refractivity contribution < 1.29 is 42.8 Å². The molecule has 1 aliphatic heterocycles. The summed E-state index contributed by atoms with van der Waals surface area (Å²) >= 11 is 0. The summed E-state index contributed by atoms with van der Waals surface area (Å²) in [7, 11) is -3.88. The van der Waals surface area contributed by atoms with Crippen LogP contribution in [0.1, 0.15) is 18.4 Å². The van der Waals surface area contributed by atoms with Gasteiger partial charge in [0.25, 0.3) is 0 Å². The first-order valence-electron chi connectivity index (χ1n) is 5.83. The van der Waals surface area contributed by atoms with Crippen LogP contribution >= 0.6 is 0 Å². The Morgan fingerprint density at radius 1 is 1.16 bits per heavy atom. The van der Waals surface area contributed by atoms with Crippen LogP contribution in [0.4, 0.5) is 4.79 Å². The van der Waals surface area contributed by atoms with Crippen LogP contribution in [-0.2, 0) is 10.0 Å². The first-order valence-corrected chi connectivity index (χ1v) is 7.27. The molecular weight excluding hydrogens is 275 g/mol. The van der Waals surface area contributed by atoms with E-state index < -0.39 is 16.1 Å². The Bertz CT molecular complexity index is 537. The number of hydrogen-bond acceptors (Lipinski definition) is 3. The van der Waals surface area contributed by atoms with Crippen molar-refractivity contribution in [3.8, 4) is 0 Å². The van der Waals surface area contributed by atoms with Gasteiger partial charge in [0.05, 0.1) is 4.90 Å². The summed E-state index contributed by atoms with van der Waals surface area (Å²) in [6.45, 7) is 3.04. The predicted octanol–water partition coefficient (Wildman–Crippen LogP) is -0.723. The SMILES string of the molecule is Cc1ccc(S(=O)(=O)[N-]C(=O)N2CCCC2)cc1.[Na+]. The van der Waals surface area contributed by atoms with E-state index in [-0.39, 0.29) is 34.5 Å². The van der Waals surface area contributed by atoms with Crippen molar-refractivity contribution in [2.45, 2.75) is 24.7 Å². The van der Waals surface area contributed by atoms with Crippen LogP contribution in [0.2, 0.25) is 0 Å². The zero-order valence-corrected chi connectivity index (χ0v) is 14.0. The Morgan fingerprint density at radius 2 is 1.68 bits per heavy atom. The van der Waals surface area contributed by atoms with Crippen LogP contribution < -0.4 is 29.6 Å². The Balaban J connectivity index is 0.00000180. The van der Waals surface area contributed by atoms with Gasteiger partial charge in [-0.2, -0.15) is 0 Å². The number of urea groups is 1. The summed E-state index contributed by atoms with van der Waals surface area (Å²) in [5.41, 5.74) is 0.958. The van der Waals surface area contributed by atoms with Gasteiger partial charge in [-0.1, -0.05) is 30.5 Å². The number of benzene rings is 1. The van der Waals surface area contributed by atoms with E-state index in [0.29, 0.717) is 13.1 Å². The maximum absolute atomic E-state index is 11.9. The summed E-state index contributed by atoms with van der Waals surface area (Å²) in [6.07, 6.45) is 1.82. The molecule has 1 aliphatic rings. The standard InChI is InChI=1S/C12H16N2O3S.Na/c1-10-4-6-11(7-5-10)18(16,17)13-12(15)14-8-2-3-9-14;/h4-7H,2-3,8-9H2,1H3,(H,13,15);/q;+1/p-1. The monoisotopic (exact) mass is 290 g/mol. The number of amides is 2. The molecule has 7 heteroatoms. The minimum atomic E-state index is -3.88. The van der Waals surface area contributed by atoms with Gasteiger partial charge in [0.2, 0.25) is 10.0 Å². The molecule has 2 rings (SSSR count). The quantitative estimate of drug-likeness (QED) is 0.675. The fraction of sp³-hybridized carbons (Fsp3) is 0.417. The summed E-state index contributed by atoms with van der Waals surface area (Å²) in [4.78, 5) is 13.2. The van der Waals surface area contributed by atoms with Crippen LogP contribution in [0.15, 0.2) is 29.2 Å². The molecule has 0 bridgehead atoms. The molecule has 0 atom stereocenters. The predicted molar refractivity (Wildman–Crippen MR) is 67.9 cm³/mol. The van der Waals surface area contributed by atoms with E-state index in [1.807, 2.05) is 6.92 Å². The topological polar surface area (TPSA) is 68.5 Å². The molecule has 0 radical (unpaired) electrons. The second kappa shape index (κ2) is 6.74. The smallest absolute Gasteiger partial charge is 0.436 e. The number of sulfonamides is 1. The normalized spacial score (nSPS) is 14.9. The molecule has 2 amide bonds. The van der Waals surface area contributed by atoms with Crippen molar-refractivity contribution >= 4 is 16.1 Å². The van der Waals surface area contributed by atoms with Gasteiger partial charge in [0, 0.05) is 0 Å². The second-order valence-electron chi connectivity index (χ2n) is 4.36. The van der Waals surface area contributed by atoms with Crippen molar-refractivity contribution in [1.29, 1.82) is 0 Å². The summed E-state index contributed by atoms with van der Waals surface area (Å²) in [5.74, 6) is 0. The Morgan fingerprint density at radius 3 is 2.21 bits per heavy atom. The van der Waals surface area contributed by atoms with Gasteiger partial charge in [-0.15, -0.1) is 0 Å². The molecule has 5 nitrogen and oxygen atoms in total. The molecule has 0 N–H and O–H groups in total. The largest absolute Gasteiger partial charge is 1.00 e. The average molecular weight is 290 g/mol. The third kappa shape index (κ3) is 4.21. The fourth-order valence-corrected chi connectivity index (χ4v) is 2.74. The number of rotatable bonds is 2. The van der Waals surface area contributed by atoms with Gasteiger partial charge < -0.3 is 9.62 Å². The minimum absolute atomic E-state index is 0. The first-order chi connectivity index (χ1) is 8.49. The molecule has 0 aliphatic carbocycles.